The molecule has 6 heteroatoms. The summed E-state index contributed by atoms with van der Waals surface area (Å²) in [6.45, 7) is 4.24. The number of imidazole rings is 2. The van der Waals surface area contributed by atoms with Crippen LogP contribution in [0.3, 0.4) is 0 Å². The molecule has 0 saturated heterocycles. The molecule has 4 rings (SSSR count). The SMILES string of the molecule is Cc1cc2nc(SCc3nc4ccccc4[nH]3)[nH]c2cc1C.Cl. The first-order valence-corrected chi connectivity index (χ1v) is 8.21. The van der Waals surface area contributed by atoms with Crippen LogP contribution in [0.15, 0.2) is 41.6 Å². The number of fused-ring (bicyclic) bond motifs is 2. The summed E-state index contributed by atoms with van der Waals surface area (Å²) in [5.41, 5.74) is 6.76. The minimum Gasteiger partial charge on any atom is -0.341 e. The number of H-pyrrole nitrogens is 2. The Balaban J connectivity index is 0.00000156. The van der Waals surface area contributed by atoms with Crippen molar-refractivity contribution in [1.29, 1.82) is 0 Å². The molecule has 2 N–H and O–H groups in total. The topological polar surface area (TPSA) is 57.4 Å². The summed E-state index contributed by atoms with van der Waals surface area (Å²) in [4.78, 5) is 16.0. The molecule has 0 spiro atoms. The van der Waals surface area contributed by atoms with Crippen molar-refractivity contribution in [2.45, 2.75) is 24.8 Å². The fraction of sp³-hybridized carbons (Fsp3) is 0.176. The molecule has 0 saturated carbocycles. The third kappa shape index (κ3) is 3.07. The van der Waals surface area contributed by atoms with Gasteiger partial charge in [0.05, 0.1) is 27.8 Å². The average molecular weight is 345 g/mol. The van der Waals surface area contributed by atoms with E-state index in [4.69, 9.17) is 0 Å². The van der Waals surface area contributed by atoms with E-state index in [1.807, 2.05) is 24.3 Å². The van der Waals surface area contributed by atoms with E-state index >= 15 is 0 Å². The van der Waals surface area contributed by atoms with Crippen molar-refractivity contribution < 1.29 is 0 Å². The predicted octanol–water partition coefficient (Wildman–Crippen LogP) is 4.77. The standard InChI is InChI=1S/C17H16N4S.ClH/c1-10-7-14-15(8-11(10)2)21-17(20-14)22-9-16-18-12-5-3-4-6-13(12)19-16;/h3-8H,9H2,1-2H3,(H,18,19)(H,20,21);1H. The molecule has 23 heavy (non-hydrogen) atoms. The number of aromatic amines is 2. The third-order valence-electron chi connectivity index (χ3n) is 3.86. The molecule has 2 aromatic heterocycles. The van der Waals surface area contributed by atoms with Gasteiger partial charge in [0, 0.05) is 0 Å². The van der Waals surface area contributed by atoms with Crippen LogP contribution in [0, 0.1) is 13.8 Å². The smallest absolute Gasteiger partial charge is 0.166 e. The summed E-state index contributed by atoms with van der Waals surface area (Å²) in [6, 6.07) is 12.4. The number of halogens is 1. The average Bonchev–Trinajstić information content (AvgIpc) is 3.08. The lowest BCUT2D eigenvalue weighted by molar-refractivity contribution is 1.06. The molecule has 2 aromatic carbocycles. The lowest BCUT2D eigenvalue weighted by atomic mass is 10.1. The van der Waals surface area contributed by atoms with Gasteiger partial charge in [0.1, 0.15) is 5.82 Å². The van der Waals surface area contributed by atoms with Crippen LogP contribution in [0.1, 0.15) is 17.0 Å². The number of benzene rings is 2. The number of hydrogen-bond donors (Lipinski definition) is 2. The highest BCUT2D eigenvalue weighted by atomic mass is 35.5. The summed E-state index contributed by atoms with van der Waals surface area (Å²) in [5.74, 6) is 1.74. The Kier molecular flexibility index (Phi) is 4.33. The van der Waals surface area contributed by atoms with Crippen LogP contribution in [0.25, 0.3) is 22.1 Å². The summed E-state index contributed by atoms with van der Waals surface area (Å²) in [7, 11) is 0. The van der Waals surface area contributed by atoms with Crippen LogP contribution >= 0.6 is 24.2 Å². The van der Waals surface area contributed by atoms with Gasteiger partial charge in [-0.05, 0) is 49.2 Å². The first-order chi connectivity index (χ1) is 10.7. The van der Waals surface area contributed by atoms with Gasteiger partial charge in [-0.1, -0.05) is 23.9 Å². The molecule has 0 unspecified atom stereocenters. The quantitative estimate of drug-likeness (QED) is 0.526. The van der Waals surface area contributed by atoms with E-state index in [1.54, 1.807) is 11.8 Å². The maximum Gasteiger partial charge on any atom is 0.166 e. The first kappa shape index (κ1) is 15.9. The Morgan fingerprint density at radius 2 is 1.70 bits per heavy atom. The van der Waals surface area contributed by atoms with Crippen molar-refractivity contribution in [3.63, 3.8) is 0 Å². The fourth-order valence-corrected chi connectivity index (χ4v) is 3.28. The van der Waals surface area contributed by atoms with Crippen LogP contribution in [0.2, 0.25) is 0 Å². The lowest BCUT2D eigenvalue weighted by Crippen LogP contribution is -1.84. The zero-order chi connectivity index (χ0) is 15.1. The van der Waals surface area contributed by atoms with Gasteiger partial charge in [-0.2, -0.15) is 0 Å². The second kappa shape index (κ2) is 6.26. The summed E-state index contributed by atoms with van der Waals surface area (Å²) in [6.07, 6.45) is 0. The lowest BCUT2D eigenvalue weighted by Gasteiger charge is -1.97. The largest absolute Gasteiger partial charge is 0.341 e. The number of thioether (sulfide) groups is 1. The van der Waals surface area contributed by atoms with E-state index in [2.05, 4.69) is 45.9 Å². The molecular weight excluding hydrogens is 328 g/mol. The van der Waals surface area contributed by atoms with Gasteiger partial charge >= 0.3 is 0 Å². The van der Waals surface area contributed by atoms with Crippen molar-refractivity contribution in [1.82, 2.24) is 19.9 Å². The van der Waals surface area contributed by atoms with E-state index in [1.165, 1.54) is 11.1 Å². The second-order valence-electron chi connectivity index (χ2n) is 5.48. The minimum absolute atomic E-state index is 0. The fourth-order valence-electron chi connectivity index (χ4n) is 2.53. The summed E-state index contributed by atoms with van der Waals surface area (Å²) >= 11 is 1.67. The van der Waals surface area contributed by atoms with E-state index in [-0.39, 0.29) is 12.4 Å². The van der Waals surface area contributed by atoms with Gasteiger partial charge in [0.2, 0.25) is 0 Å². The zero-order valence-corrected chi connectivity index (χ0v) is 14.5. The van der Waals surface area contributed by atoms with E-state index in [0.717, 1.165) is 38.8 Å². The van der Waals surface area contributed by atoms with Crippen LogP contribution in [-0.2, 0) is 5.75 Å². The molecular formula is C17H17ClN4S. The number of rotatable bonds is 3. The molecule has 0 fully saturated rings. The van der Waals surface area contributed by atoms with E-state index in [0.29, 0.717) is 0 Å². The Labute approximate surface area is 144 Å². The number of nitrogens with zero attached hydrogens (tertiary/aromatic N) is 2. The zero-order valence-electron chi connectivity index (χ0n) is 12.9. The molecule has 0 aliphatic heterocycles. The molecule has 2 heterocycles. The number of hydrogen-bond acceptors (Lipinski definition) is 3. The highest BCUT2D eigenvalue weighted by molar-refractivity contribution is 7.98. The molecule has 118 valence electrons. The Hall–Kier alpha value is -1.98. The molecule has 0 radical (unpaired) electrons. The third-order valence-corrected chi connectivity index (χ3v) is 4.74. The van der Waals surface area contributed by atoms with Crippen molar-refractivity contribution >= 4 is 46.2 Å². The van der Waals surface area contributed by atoms with Gasteiger partial charge in [0.25, 0.3) is 0 Å². The summed E-state index contributed by atoms with van der Waals surface area (Å²) in [5, 5.41) is 0.931. The molecule has 0 bridgehead atoms. The number of aryl methyl sites for hydroxylation is 2. The Bertz CT molecular complexity index is 901. The van der Waals surface area contributed by atoms with Crippen LogP contribution in [0.4, 0.5) is 0 Å². The maximum absolute atomic E-state index is 4.65. The molecule has 0 aliphatic carbocycles. The Morgan fingerprint density at radius 3 is 2.52 bits per heavy atom. The summed E-state index contributed by atoms with van der Waals surface area (Å²) < 4.78 is 0. The minimum atomic E-state index is 0. The van der Waals surface area contributed by atoms with Crippen molar-refractivity contribution in [2.24, 2.45) is 0 Å². The molecule has 0 aliphatic rings. The van der Waals surface area contributed by atoms with Crippen molar-refractivity contribution in [2.75, 3.05) is 0 Å². The van der Waals surface area contributed by atoms with E-state index in [9.17, 15) is 0 Å². The van der Waals surface area contributed by atoms with Gasteiger partial charge in [-0.25, -0.2) is 9.97 Å². The van der Waals surface area contributed by atoms with Crippen LogP contribution < -0.4 is 0 Å². The highest BCUT2D eigenvalue weighted by Crippen LogP contribution is 2.24. The molecule has 0 amide bonds. The normalized spacial score (nSPS) is 11.0. The number of nitrogens with one attached hydrogen (secondary N) is 2. The monoisotopic (exact) mass is 344 g/mol. The van der Waals surface area contributed by atoms with Crippen LogP contribution in [0.5, 0.6) is 0 Å². The second-order valence-corrected chi connectivity index (χ2v) is 6.45. The van der Waals surface area contributed by atoms with Crippen molar-refractivity contribution in [3.05, 3.63) is 53.3 Å². The number of para-hydroxylation sites is 2. The highest BCUT2D eigenvalue weighted by Gasteiger charge is 2.07. The van der Waals surface area contributed by atoms with Crippen LogP contribution in [-0.4, -0.2) is 19.9 Å². The van der Waals surface area contributed by atoms with Crippen molar-refractivity contribution in [3.8, 4) is 0 Å². The molecule has 0 atom stereocenters. The predicted molar refractivity (Wildman–Crippen MR) is 98.5 cm³/mol. The van der Waals surface area contributed by atoms with Gasteiger partial charge < -0.3 is 9.97 Å². The van der Waals surface area contributed by atoms with Gasteiger partial charge in [0.15, 0.2) is 5.16 Å². The molecule has 4 nitrogen and oxygen atoms in total. The molecule has 4 aromatic rings. The Morgan fingerprint density at radius 1 is 0.913 bits per heavy atom. The van der Waals surface area contributed by atoms with Gasteiger partial charge in [-0.15, -0.1) is 12.4 Å². The first-order valence-electron chi connectivity index (χ1n) is 7.22. The van der Waals surface area contributed by atoms with E-state index < -0.39 is 0 Å². The number of aromatic nitrogens is 4. The maximum atomic E-state index is 4.65. The van der Waals surface area contributed by atoms with Gasteiger partial charge in [-0.3, -0.25) is 0 Å².